The van der Waals surface area contributed by atoms with Gasteiger partial charge in [0.1, 0.15) is 0 Å². The summed E-state index contributed by atoms with van der Waals surface area (Å²) < 4.78 is 0. The first kappa shape index (κ1) is 2.13. The fourth-order valence-corrected chi connectivity index (χ4v) is 0.111. The summed E-state index contributed by atoms with van der Waals surface area (Å²) in [4.78, 5) is 0. The van der Waals surface area contributed by atoms with Crippen molar-refractivity contribution in [2.75, 3.05) is 0 Å². The van der Waals surface area contributed by atoms with E-state index in [1.54, 1.807) is 0 Å². The number of rotatable bonds is 0. The van der Waals surface area contributed by atoms with Gasteiger partial charge >= 0.3 is 25.6 Å². The Morgan fingerprint density at radius 1 is 1.00 bits per heavy atom. The topological polar surface area (TPSA) is 0 Å². The summed E-state index contributed by atoms with van der Waals surface area (Å²) in [5.41, 5.74) is 0. The van der Waals surface area contributed by atoms with Crippen LogP contribution < -0.4 is 0 Å². The summed E-state index contributed by atoms with van der Waals surface area (Å²) in [6.45, 7) is 4.00. The third kappa shape index (κ3) is 0.0945. The van der Waals surface area contributed by atoms with Crippen molar-refractivity contribution in [3.63, 3.8) is 0 Å². The SMILES string of the molecule is B1=BC=C1. The molecule has 0 radical (unpaired) electrons. The molecule has 0 nitrogen and oxygen atoms in total. The second kappa shape index (κ2) is 0.670. The quantitative estimate of drug-likeness (QED) is 0.332. The molecule has 1 aliphatic rings. The van der Waals surface area contributed by atoms with E-state index in [1.165, 1.54) is 0 Å². The molecule has 16 valence electrons. The molecule has 0 atom stereocenters. The normalized spacial score (nSPS) is 12.0. The Hall–Kier alpha value is -0.130. The van der Waals surface area contributed by atoms with Crippen LogP contribution in [0, 0.1) is 0 Å². The van der Waals surface area contributed by atoms with Gasteiger partial charge in [0.05, 0.1) is 0 Å². The van der Waals surface area contributed by atoms with Crippen LogP contribution in [0.4, 0.5) is 0 Å². The predicted molar refractivity (Wildman–Crippen MR) is 20.6 cm³/mol. The summed E-state index contributed by atoms with van der Waals surface area (Å²) in [5.74, 6) is 4.00. The van der Waals surface area contributed by atoms with Crippen LogP contribution in [-0.2, 0) is 0 Å². The molecule has 0 aromatic carbocycles. The molecule has 1 aliphatic heterocycles. The average molecular weight is 47.7 g/mol. The van der Waals surface area contributed by atoms with Gasteiger partial charge in [-0.15, -0.1) is 0 Å². The molecule has 0 aliphatic carbocycles. The van der Waals surface area contributed by atoms with E-state index in [0.717, 1.165) is 0 Å². The van der Waals surface area contributed by atoms with Gasteiger partial charge in [-0.1, -0.05) is 0 Å². The van der Waals surface area contributed by atoms with Gasteiger partial charge < -0.3 is 0 Å². The zero-order chi connectivity index (χ0) is 2.83. The second-order valence-electron chi connectivity index (χ2n) is 0.770. The van der Waals surface area contributed by atoms with Crippen molar-refractivity contribution in [3.05, 3.63) is 12.0 Å². The fourth-order valence-electron chi connectivity index (χ4n) is 0.111. The van der Waals surface area contributed by atoms with Crippen molar-refractivity contribution in [1.29, 1.82) is 0 Å². The molecule has 0 fully saturated rings. The third-order valence-electron chi connectivity index (χ3n) is 0.444. The van der Waals surface area contributed by atoms with E-state index in [2.05, 4.69) is 0 Å². The Morgan fingerprint density at radius 3 is 1.25 bits per heavy atom. The molecule has 0 amide bonds. The second-order valence-corrected chi connectivity index (χ2v) is 0.770. The first-order chi connectivity index (χ1) is 2.00. The summed E-state index contributed by atoms with van der Waals surface area (Å²) in [5, 5.41) is 0. The van der Waals surface area contributed by atoms with Crippen LogP contribution >= 0.6 is 0 Å². The molecule has 1 rings (SSSR count). The molecule has 0 bridgehead atoms. The van der Waals surface area contributed by atoms with E-state index in [4.69, 9.17) is 0 Å². The minimum absolute atomic E-state index is 2.00. The Balaban J connectivity index is 2.67. The van der Waals surface area contributed by atoms with Crippen molar-refractivity contribution >= 4 is 13.6 Å². The van der Waals surface area contributed by atoms with Crippen LogP contribution in [-0.4, -0.2) is 13.6 Å². The molecule has 0 aromatic heterocycles. The molecule has 0 saturated carbocycles. The molecule has 0 N–H and O–H groups in total. The number of hydrogen-bond acceptors (Lipinski definition) is 0. The first-order valence-electron chi connectivity index (χ1n) is 1.33. The Labute approximate surface area is 26.6 Å². The fraction of sp³-hybridized carbons (Fsp3) is 0. The predicted octanol–water partition coefficient (Wildman–Crippen LogP) is -0.205. The maximum absolute atomic E-state index is 2.00. The van der Waals surface area contributed by atoms with Gasteiger partial charge in [0.15, 0.2) is 0 Å². The molecule has 4 heavy (non-hydrogen) atoms. The van der Waals surface area contributed by atoms with Crippen LogP contribution in [0.3, 0.4) is 0 Å². The molecular weight excluding hydrogens is 45.6 g/mol. The number of hydrogen-bond donors (Lipinski definition) is 0. The van der Waals surface area contributed by atoms with Crippen LogP contribution in [0.2, 0.25) is 0 Å². The Kier molecular flexibility index (Phi) is 0.357. The molecular formula is C2H2B2. The van der Waals surface area contributed by atoms with Crippen molar-refractivity contribution in [2.45, 2.75) is 0 Å². The first-order valence-corrected chi connectivity index (χ1v) is 1.33. The van der Waals surface area contributed by atoms with E-state index >= 15 is 0 Å². The average Bonchev–Trinajstić information content (AvgIpc) is 0.722. The van der Waals surface area contributed by atoms with Crippen LogP contribution in [0.5, 0.6) is 0 Å². The van der Waals surface area contributed by atoms with Gasteiger partial charge in [-0.3, -0.25) is 0 Å². The molecule has 0 saturated heterocycles. The summed E-state index contributed by atoms with van der Waals surface area (Å²) in [6.07, 6.45) is 0. The minimum atomic E-state index is 2.00. The zero-order valence-electron chi connectivity index (χ0n) is 2.31. The molecule has 2 heteroatoms. The summed E-state index contributed by atoms with van der Waals surface area (Å²) >= 11 is 0. The zero-order valence-corrected chi connectivity index (χ0v) is 2.31. The monoisotopic (exact) mass is 48.0 g/mol. The van der Waals surface area contributed by atoms with Gasteiger partial charge in [-0.2, -0.15) is 0 Å². The summed E-state index contributed by atoms with van der Waals surface area (Å²) in [7, 11) is 0. The Morgan fingerprint density at radius 2 is 1.25 bits per heavy atom. The summed E-state index contributed by atoms with van der Waals surface area (Å²) in [6, 6.07) is 0. The van der Waals surface area contributed by atoms with Crippen molar-refractivity contribution in [2.24, 2.45) is 0 Å². The van der Waals surface area contributed by atoms with Gasteiger partial charge in [0.2, 0.25) is 0 Å². The van der Waals surface area contributed by atoms with Crippen molar-refractivity contribution in [1.82, 2.24) is 0 Å². The van der Waals surface area contributed by atoms with Crippen LogP contribution in [0.1, 0.15) is 0 Å². The van der Waals surface area contributed by atoms with Gasteiger partial charge in [-0.25, -0.2) is 0 Å². The van der Waals surface area contributed by atoms with E-state index < -0.39 is 0 Å². The van der Waals surface area contributed by atoms with E-state index in [1.807, 2.05) is 25.6 Å². The van der Waals surface area contributed by atoms with E-state index in [9.17, 15) is 0 Å². The van der Waals surface area contributed by atoms with Crippen LogP contribution in [0.25, 0.3) is 0 Å². The van der Waals surface area contributed by atoms with Gasteiger partial charge in [-0.05, 0) is 0 Å². The third-order valence-corrected chi connectivity index (χ3v) is 0.444. The Bertz CT molecular complexity index is 44.4. The van der Waals surface area contributed by atoms with Gasteiger partial charge in [0.25, 0.3) is 0 Å². The maximum atomic E-state index is 2.00. The molecule has 0 unspecified atom stereocenters. The molecule has 0 spiro atoms. The standard InChI is InChI=1S/C2H2B2/c1-2-4-3-1/h1-2H. The van der Waals surface area contributed by atoms with Crippen molar-refractivity contribution < 1.29 is 0 Å². The molecule has 0 aromatic rings. The van der Waals surface area contributed by atoms with Gasteiger partial charge in [0, 0.05) is 0 Å². The molecule has 1 heterocycles. The van der Waals surface area contributed by atoms with E-state index in [-0.39, 0.29) is 0 Å². The van der Waals surface area contributed by atoms with Crippen LogP contribution in [0.15, 0.2) is 12.0 Å². The van der Waals surface area contributed by atoms with Crippen molar-refractivity contribution in [3.8, 4) is 0 Å². The van der Waals surface area contributed by atoms with E-state index in [0.29, 0.717) is 0 Å².